The van der Waals surface area contributed by atoms with Gasteiger partial charge in [0.25, 0.3) is 0 Å². The third kappa shape index (κ3) is 1.54. The van der Waals surface area contributed by atoms with Crippen molar-refractivity contribution in [3.63, 3.8) is 0 Å². The first-order valence-corrected chi connectivity index (χ1v) is 4.67. The van der Waals surface area contributed by atoms with E-state index >= 15 is 0 Å². The fourth-order valence-electron chi connectivity index (χ4n) is 1.70. The van der Waals surface area contributed by atoms with E-state index in [1.165, 1.54) is 0 Å². The van der Waals surface area contributed by atoms with Gasteiger partial charge in [-0.25, -0.2) is 4.98 Å². The molecule has 4 heteroatoms. The zero-order valence-corrected chi connectivity index (χ0v) is 8.12. The number of nitrogens with two attached hydrogens (primary N) is 1. The minimum Gasteiger partial charge on any atom is -0.342 e. The monoisotopic (exact) mass is 180 g/mol. The van der Waals surface area contributed by atoms with Crippen LogP contribution in [0.15, 0.2) is 6.20 Å². The van der Waals surface area contributed by atoms with Crippen LogP contribution in [0.25, 0.3) is 0 Å². The lowest BCUT2D eigenvalue weighted by molar-refractivity contribution is 0.337. The molecule has 1 aromatic heterocycles. The maximum atomic E-state index is 5.73. The van der Waals surface area contributed by atoms with Gasteiger partial charge in [-0.1, -0.05) is 0 Å². The molecule has 1 aliphatic rings. The maximum absolute atomic E-state index is 5.73. The van der Waals surface area contributed by atoms with Crippen LogP contribution in [0.3, 0.4) is 0 Å². The van der Waals surface area contributed by atoms with Crippen molar-refractivity contribution in [2.75, 3.05) is 11.9 Å². The van der Waals surface area contributed by atoms with E-state index in [0.717, 1.165) is 24.5 Å². The zero-order valence-electron chi connectivity index (χ0n) is 8.12. The van der Waals surface area contributed by atoms with E-state index in [-0.39, 0.29) is 0 Å². The molecule has 0 aliphatic heterocycles. The minimum absolute atomic E-state index is 0.392. The first-order chi connectivity index (χ1) is 6.16. The number of nitrogens with zero attached hydrogens (tertiary/aromatic N) is 2. The predicted molar refractivity (Wildman–Crippen MR) is 52.7 cm³/mol. The van der Waals surface area contributed by atoms with Gasteiger partial charge in [0, 0.05) is 31.0 Å². The second kappa shape index (κ2) is 3.03. The predicted octanol–water partition coefficient (Wildman–Crippen LogP) is 0.644. The quantitative estimate of drug-likeness (QED) is 0.702. The second-order valence-corrected chi connectivity index (χ2v) is 3.89. The Hall–Kier alpha value is -1.03. The van der Waals surface area contributed by atoms with Crippen LogP contribution in [0.2, 0.25) is 0 Å². The number of H-pyrrole nitrogens is 1. The molecule has 0 spiro atoms. The van der Waals surface area contributed by atoms with E-state index in [1.807, 2.05) is 13.1 Å². The standard InChI is InChI=1S/C9H16N4/c1-6-5-11-9(12-6)13(2)8-3-7(10)4-8/h5,7-8H,3-4,10H2,1-2H3,(H,11,12). The third-order valence-corrected chi connectivity index (χ3v) is 2.72. The van der Waals surface area contributed by atoms with E-state index in [0.29, 0.717) is 12.1 Å². The van der Waals surface area contributed by atoms with Crippen molar-refractivity contribution in [2.45, 2.75) is 31.8 Å². The second-order valence-electron chi connectivity index (χ2n) is 3.89. The van der Waals surface area contributed by atoms with Crippen LogP contribution in [0, 0.1) is 6.92 Å². The summed E-state index contributed by atoms with van der Waals surface area (Å²) in [6.07, 6.45) is 4.01. The third-order valence-electron chi connectivity index (χ3n) is 2.72. The van der Waals surface area contributed by atoms with E-state index in [9.17, 15) is 0 Å². The SMILES string of the molecule is Cc1cnc(N(C)C2CC(N)C2)[nH]1. The summed E-state index contributed by atoms with van der Waals surface area (Å²) in [4.78, 5) is 9.66. The highest BCUT2D eigenvalue weighted by atomic mass is 15.3. The number of rotatable bonds is 2. The first kappa shape index (κ1) is 8.56. The fourth-order valence-corrected chi connectivity index (χ4v) is 1.70. The van der Waals surface area contributed by atoms with Gasteiger partial charge < -0.3 is 15.6 Å². The summed E-state index contributed by atoms with van der Waals surface area (Å²) in [7, 11) is 2.06. The molecule has 72 valence electrons. The fraction of sp³-hybridized carbons (Fsp3) is 0.667. The molecule has 1 aliphatic carbocycles. The molecule has 1 saturated carbocycles. The van der Waals surface area contributed by atoms with Crippen LogP contribution in [0.5, 0.6) is 0 Å². The van der Waals surface area contributed by atoms with Crippen molar-refractivity contribution in [3.8, 4) is 0 Å². The smallest absolute Gasteiger partial charge is 0.202 e. The Balaban J connectivity index is 2.01. The van der Waals surface area contributed by atoms with Gasteiger partial charge in [0.15, 0.2) is 0 Å². The number of hydrogen-bond acceptors (Lipinski definition) is 3. The van der Waals surface area contributed by atoms with Gasteiger partial charge in [-0.3, -0.25) is 0 Å². The Morgan fingerprint density at radius 1 is 1.62 bits per heavy atom. The molecule has 0 aromatic carbocycles. The summed E-state index contributed by atoms with van der Waals surface area (Å²) < 4.78 is 0. The number of anilines is 1. The Morgan fingerprint density at radius 3 is 2.77 bits per heavy atom. The van der Waals surface area contributed by atoms with Crippen LogP contribution in [-0.4, -0.2) is 29.1 Å². The summed E-state index contributed by atoms with van der Waals surface area (Å²) in [6, 6.07) is 0.962. The molecule has 4 nitrogen and oxygen atoms in total. The van der Waals surface area contributed by atoms with Crippen molar-refractivity contribution in [1.82, 2.24) is 9.97 Å². The van der Waals surface area contributed by atoms with Gasteiger partial charge in [0.05, 0.1) is 0 Å². The van der Waals surface area contributed by atoms with E-state index in [1.54, 1.807) is 0 Å². The van der Waals surface area contributed by atoms with Crippen molar-refractivity contribution < 1.29 is 0 Å². The molecule has 2 rings (SSSR count). The van der Waals surface area contributed by atoms with Crippen LogP contribution in [-0.2, 0) is 0 Å². The topological polar surface area (TPSA) is 57.9 Å². The molecular weight excluding hydrogens is 164 g/mol. The molecule has 13 heavy (non-hydrogen) atoms. The zero-order chi connectivity index (χ0) is 9.42. The highest BCUT2D eigenvalue weighted by molar-refractivity contribution is 5.32. The van der Waals surface area contributed by atoms with Crippen molar-refractivity contribution in [2.24, 2.45) is 5.73 Å². The highest BCUT2D eigenvalue weighted by Gasteiger charge is 2.30. The van der Waals surface area contributed by atoms with Gasteiger partial charge in [0.1, 0.15) is 0 Å². The molecule has 1 fully saturated rings. The summed E-state index contributed by atoms with van der Waals surface area (Å²) in [5.74, 6) is 0.953. The van der Waals surface area contributed by atoms with Gasteiger partial charge >= 0.3 is 0 Å². The Morgan fingerprint density at radius 2 is 2.31 bits per heavy atom. The van der Waals surface area contributed by atoms with Gasteiger partial charge in [-0.2, -0.15) is 0 Å². The van der Waals surface area contributed by atoms with Crippen molar-refractivity contribution in [3.05, 3.63) is 11.9 Å². The largest absolute Gasteiger partial charge is 0.342 e. The number of hydrogen-bond donors (Lipinski definition) is 2. The molecule has 0 atom stereocenters. The van der Waals surface area contributed by atoms with Crippen LogP contribution in [0.4, 0.5) is 5.95 Å². The summed E-state index contributed by atoms with van der Waals surface area (Å²) in [6.45, 7) is 2.01. The van der Waals surface area contributed by atoms with Crippen molar-refractivity contribution >= 4 is 5.95 Å². The van der Waals surface area contributed by atoms with Gasteiger partial charge in [-0.15, -0.1) is 0 Å². The molecule has 0 saturated heterocycles. The molecule has 0 unspecified atom stereocenters. The number of aromatic nitrogens is 2. The number of aromatic amines is 1. The highest BCUT2D eigenvalue weighted by Crippen LogP contribution is 2.25. The Kier molecular flexibility index (Phi) is 2.00. The molecule has 3 N–H and O–H groups in total. The lowest BCUT2D eigenvalue weighted by Crippen LogP contribution is -2.49. The molecular formula is C9H16N4. The lowest BCUT2D eigenvalue weighted by Gasteiger charge is -2.39. The number of nitrogens with one attached hydrogen (secondary N) is 1. The normalized spacial score (nSPS) is 27.0. The summed E-state index contributed by atoms with van der Waals surface area (Å²) in [5.41, 5.74) is 6.83. The maximum Gasteiger partial charge on any atom is 0.202 e. The number of imidazole rings is 1. The first-order valence-electron chi connectivity index (χ1n) is 4.67. The Bertz CT molecular complexity index is 288. The average molecular weight is 180 g/mol. The van der Waals surface area contributed by atoms with E-state index in [4.69, 9.17) is 5.73 Å². The molecule has 0 amide bonds. The minimum atomic E-state index is 0.392. The summed E-state index contributed by atoms with van der Waals surface area (Å²) >= 11 is 0. The van der Waals surface area contributed by atoms with Gasteiger partial charge in [0.2, 0.25) is 5.95 Å². The molecule has 0 bridgehead atoms. The van der Waals surface area contributed by atoms with E-state index in [2.05, 4.69) is 21.9 Å². The van der Waals surface area contributed by atoms with Crippen LogP contribution >= 0.6 is 0 Å². The average Bonchev–Trinajstić information content (AvgIpc) is 2.45. The Labute approximate surface area is 78.1 Å². The molecule has 1 heterocycles. The van der Waals surface area contributed by atoms with Crippen LogP contribution in [0.1, 0.15) is 18.5 Å². The lowest BCUT2D eigenvalue weighted by atomic mass is 9.87. The molecule has 0 radical (unpaired) electrons. The van der Waals surface area contributed by atoms with Crippen LogP contribution < -0.4 is 10.6 Å². The van der Waals surface area contributed by atoms with Crippen molar-refractivity contribution in [1.29, 1.82) is 0 Å². The van der Waals surface area contributed by atoms with Gasteiger partial charge in [-0.05, 0) is 19.8 Å². The van der Waals surface area contributed by atoms with E-state index < -0.39 is 0 Å². The summed E-state index contributed by atoms with van der Waals surface area (Å²) in [5, 5.41) is 0. The molecule has 1 aromatic rings. The number of aryl methyl sites for hydroxylation is 1.